The molecule has 1 N–H and O–H groups in total. The third-order valence-corrected chi connectivity index (χ3v) is 12.5. The van der Waals surface area contributed by atoms with Crippen LogP contribution in [0.25, 0.3) is 10.4 Å². The summed E-state index contributed by atoms with van der Waals surface area (Å²) in [5.41, 5.74) is 4.75. The van der Waals surface area contributed by atoms with E-state index in [1.54, 1.807) is 12.1 Å². The molecule has 3 aromatic carbocycles. The number of anilines is 2. The van der Waals surface area contributed by atoms with Gasteiger partial charge in [0.15, 0.2) is 0 Å². The molecule has 2 aliphatic rings. The highest BCUT2D eigenvalue weighted by Crippen LogP contribution is 2.39. The number of ether oxygens (including phenoxy) is 1. The Morgan fingerprint density at radius 1 is 0.816 bits per heavy atom. The summed E-state index contributed by atoms with van der Waals surface area (Å²) >= 11 is 1.17. The number of piperidine rings is 2. The lowest BCUT2D eigenvalue weighted by Gasteiger charge is -2.28. The van der Waals surface area contributed by atoms with E-state index < -0.39 is 16.0 Å². The van der Waals surface area contributed by atoms with Gasteiger partial charge in [-0.15, -0.1) is 11.3 Å². The first-order chi connectivity index (χ1) is 23.7. The second-order valence-corrected chi connectivity index (χ2v) is 15.7. The molecule has 258 valence electrons. The predicted octanol–water partition coefficient (Wildman–Crippen LogP) is 6.93. The van der Waals surface area contributed by atoms with Gasteiger partial charge in [-0.3, -0.25) is 14.0 Å². The van der Waals surface area contributed by atoms with Gasteiger partial charge in [0.1, 0.15) is 4.90 Å². The molecular formula is C38H44N4O5S2. The topological polar surface area (TPSA) is 99.3 Å². The van der Waals surface area contributed by atoms with Crippen LogP contribution < -0.4 is 14.5 Å². The normalized spacial score (nSPS) is 15.5. The van der Waals surface area contributed by atoms with Crippen molar-refractivity contribution in [2.75, 3.05) is 49.5 Å². The molecule has 6 rings (SSSR count). The summed E-state index contributed by atoms with van der Waals surface area (Å²) in [4.78, 5) is 31.2. The fraction of sp³-hybridized carbons (Fsp3) is 0.368. The van der Waals surface area contributed by atoms with Gasteiger partial charge in [0.2, 0.25) is 0 Å². The quantitative estimate of drug-likeness (QED) is 0.170. The average molecular weight is 701 g/mol. The van der Waals surface area contributed by atoms with Gasteiger partial charge in [-0.25, -0.2) is 13.2 Å². The molecule has 4 aromatic rings. The van der Waals surface area contributed by atoms with Crippen molar-refractivity contribution >= 4 is 44.6 Å². The van der Waals surface area contributed by atoms with E-state index in [9.17, 15) is 18.0 Å². The maximum atomic E-state index is 14.2. The van der Waals surface area contributed by atoms with Crippen molar-refractivity contribution in [3.63, 3.8) is 0 Å². The Labute approximate surface area is 293 Å². The maximum Gasteiger partial charge on any atom is 0.337 e. The number of hydrogen-bond acceptors (Lipinski definition) is 8. The first-order valence-electron chi connectivity index (χ1n) is 17.0. The number of esters is 1. The number of nitrogens with zero attached hydrogens (tertiary/aromatic N) is 3. The van der Waals surface area contributed by atoms with Crippen LogP contribution in [0.1, 0.15) is 69.7 Å². The summed E-state index contributed by atoms with van der Waals surface area (Å²) in [6.07, 6.45) is 7.36. The minimum absolute atomic E-state index is 0.0509. The van der Waals surface area contributed by atoms with Crippen molar-refractivity contribution in [3.05, 3.63) is 100 Å². The van der Waals surface area contributed by atoms with Gasteiger partial charge >= 0.3 is 5.97 Å². The van der Waals surface area contributed by atoms with Crippen molar-refractivity contribution < 1.29 is 22.7 Å². The number of sulfonamides is 1. The predicted molar refractivity (Wildman–Crippen MR) is 196 cm³/mol. The van der Waals surface area contributed by atoms with Gasteiger partial charge in [0.25, 0.3) is 15.9 Å². The molecule has 0 saturated carbocycles. The summed E-state index contributed by atoms with van der Waals surface area (Å²) in [6.45, 7) is 5.54. The zero-order valence-electron chi connectivity index (χ0n) is 28.2. The number of amides is 1. The minimum atomic E-state index is -4.10. The van der Waals surface area contributed by atoms with Crippen LogP contribution in [-0.4, -0.2) is 65.5 Å². The Bertz CT molecular complexity index is 1840. The van der Waals surface area contributed by atoms with Gasteiger partial charge < -0.3 is 15.0 Å². The highest BCUT2D eigenvalue weighted by Gasteiger charge is 2.29. The van der Waals surface area contributed by atoms with Gasteiger partial charge in [0.05, 0.1) is 28.1 Å². The molecule has 2 fully saturated rings. The fourth-order valence-corrected chi connectivity index (χ4v) is 9.28. The van der Waals surface area contributed by atoms with Crippen LogP contribution in [0.4, 0.5) is 11.4 Å². The zero-order valence-corrected chi connectivity index (χ0v) is 29.8. The van der Waals surface area contributed by atoms with E-state index in [0.717, 1.165) is 62.4 Å². The number of thiophene rings is 1. The van der Waals surface area contributed by atoms with E-state index in [-0.39, 0.29) is 10.8 Å². The number of methoxy groups -OCH3 is 1. The van der Waals surface area contributed by atoms with Crippen molar-refractivity contribution in [2.24, 2.45) is 0 Å². The lowest BCUT2D eigenvalue weighted by Crippen LogP contribution is -2.29. The molecule has 1 amide bonds. The highest BCUT2D eigenvalue weighted by molar-refractivity contribution is 7.93. The molecule has 0 bridgehead atoms. The monoisotopic (exact) mass is 700 g/mol. The molecule has 0 aliphatic carbocycles. The van der Waals surface area contributed by atoms with Crippen molar-refractivity contribution in [3.8, 4) is 10.4 Å². The van der Waals surface area contributed by atoms with Gasteiger partial charge in [-0.05, 0) is 104 Å². The summed E-state index contributed by atoms with van der Waals surface area (Å²) in [6, 6.07) is 23.9. The molecule has 11 heteroatoms. The third kappa shape index (κ3) is 8.17. The maximum absolute atomic E-state index is 14.2. The third-order valence-electron chi connectivity index (χ3n) is 9.39. The Kier molecular flexibility index (Phi) is 11.0. The van der Waals surface area contributed by atoms with Gasteiger partial charge in [-0.1, -0.05) is 42.8 Å². The van der Waals surface area contributed by atoms with E-state index in [2.05, 4.69) is 27.2 Å². The van der Waals surface area contributed by atoms with Gasteiger partial charge in [-0.2, -0.15) is 0 Å². The van der Waals surface area contributed by atoms with E-state index in [4.69, 9.17) is 4.74 Å². The molecule has 0 atom stereocenters. The van der Waals surface area contributed by atoms with Crippen molar-refractivity contribution in [1.82, 2.24) is 10.2 Å². The van der Waals surface area contributed by atoms with Crippen LogP contribution in [0.3, 0.4) is 0 Å². The Hall–Kier alpha value is -4.19. The van der Waals surface area contributed by atoms with Crippen LogP contribution in [0.2, 0.25) is 0 Å². The summed E-state index contributed by atoms with van der Waals surface area (Å²) < 4.78 is 34.4. The minimum Gasteiger partial charge on any atom is -0.465 e. The second kappa shape index (κ2) is 15.6. The molecule has 3 heterocycles. The van der Waals surface area contributed by atoms with E-state index in [0.29, 0.717) is 27.5 Å². The number of likely N-dealkylation sites (tertiary alicyclic amines) is 1. The van der Waals surface area contributed by atoms with E-state index in [1.165, 1.54) is 79.2 Å². The average Bonchev–Trinajstić information content (AvgIpc) is 3.62. The van der Waals surface area contributed by atoms with Crippen molar-refractivity contribution in [1.29, 1.82) is 0 Å². The molecule has 1 aromatic heterocycles. The molecular weight excluding hydrogens is 657 g/mol. The largest absolute Gasteiger partial charge is 0.465 e. The molecule has 0 radical (unpaired) electrons. The zero-order chi connectivity index (χ0) is 34.4. The van der Waals surface area contributed by atoms with Crippen LogP contribution >= 0.6 is 11.3 Å². The summed E-state index contributed by atoms with van der Waals surface area (Å²) in [5.74, 6) is -0.839. The summed E-state index contributed by atoms with van der Waals surface area (Å²) in [5, 5.41) is 3.00. The Morgan fingerprint density at radius 3 is 2.06 bits per heavy atom. The fourth-order valence-electron chi connectivity index (χ4n) is 6.47. The van der Waals surface area contributed by atoms with Crippen LogP contribution in [0, 0.1) is 0 Å². The molecule has 0 unspecified atom stereocenters. The van der Waals surface area contributed by atoms with E-state index >= 15 is 0 Å². The standard InChI is InChI=1S/C38H44N4O5S2/c1-40(32-17-15-31(16-18-32)38(44)47-2)49(45,46)35-25-34(48-36(35)30-13-19-33(20-14-30)42-23-7-4-8-24-42)37(43)39-26-28-9-11-29(12-10-28)27-41-21-5-3-6-22-41/h9-20,25H,3-8,21-24,26-27H2,1-2H3,(H,39,43). The Morgan fingerprint density at radius 2 is 1.43 bits per heavy atom. The van der Waals surface area contributed by atoms with Crippen LogP contribution in [-0.2, 0) is 27.8 Å². The molecule has 2 saturated heterocycles. The molecule has 9 nitrogen and oxygen atoms in total. The number of nitrogens with one attached hydrogen (secondary N) is 1. The number of benzene rings is 3. The molecule has 0 spiro atoms. The van der Waals surface area contributed by atoms with E-state index in [1.807, 2.05) is 36.4 Å². The van der Waals surface area contributed by atoms with Crippen LogP contribution in [0.5, 0.6) is 0 Å². The van der Waals surface area contributed by atoms with Crippen LogP contribution in [0.15, 0.2) is 83.8 Å². The number of carbonyl (C=O) groups is 2. The Balaban J connectivity index is 1.24. The highest BCUT2D eigenvalue weighted by atomic mass is 32.2. The lowest BCUT2D eigenvalue weighted by atomic mass is 10.1. The number of rotatable bonds is 11. The smallest absolute Gasteiger partial charge is 0.337 e. The van der Waals surface area contributed by atoms with Crippen molar-refractivity contribution in [2.45, 2.75) is 56.5 Å². The lowest BCUT2D eigenvalue weighted by molar-refractivity contribution is 0.0600. The number of carbonyl (C=O) groups excluding carboxylic acids is 2. The summed E-state index contributed by atoms with van der Waals surface area (Å²) in [7, 11) is -1.34. The van der Waals surface area contributed by atoms with Gasteiger partial charge in [0, 0.05) is 38.9 Å². The SMILES string of the molecule is COC(=O)c1ccc(N(C)S(=O)(=O)c2cc(C(=O)NCc3ccc(CN4CCCCC4)cc3)sc2-c2ccc(N3CCCCC3)cc2)cc1. The molecule has 49 heavy (non-hydrogen) atoms. The first-order valence-corrected chi connectivity index (χ1v) is 19.2. The first kappa shape index (κ1) is 34.7. The molecule has 2 aliphatic heterocycles. The second-order valence-electron chi connectivity index (χ2n) is 12.7. The number of hydrogen-bond donors (Lipinski definition) is 1.